The van der Waals surface area contributed by atoms with Gasteiger partial charge in [0.2, 0.25) is 5.91 Å². The van der Waals surface area contributed by atoms with E-state index in [1.807, 2.05) is 35.0 Å². The van der Waals surface area contributed by atoms with Crippen molar-refractivity contribution in [1.29, 1.82) is 0 Å². The molecule has 0 spiro atoms. The SMILES string of the molecule is CN1CC(=O)N(CC2CCCN2)c2ccccc21. The summed E-state index contributed by atoms with van der Waals surface area (Å²) in [6, 6.07) is 8.59. The van der Waals surface area contributed by atoms with E-state index in [1.165, 1.54) is 12.8 Å². The quantitative estimate of drug-likeness (QED) is 0.851. The predicted octanol–water partition coefficient (Wildman–Crippen LogP) is 1.22. The van der Waals surface area contributed by atoms with Gasteiger partial charge in [0, 0.05) is 19.6 Å². The van der Waals surface area contributed by atoms with Crippen molar-refractivity contribution in [3.63, 3.8) is 0 Å². The molecule has 18 heavy (non-hydrogen) atoms. The van der Waals surface area contributed by atoms with E-state index in [4.69, 9.17) is 0 Å². The van der Waals surface area contributed by atoms with Crippen molar-refractivity contribution in [3.8, 4) is 0 Å². The number of amides is 1. The van der Waals surface area contributed by atoms with Gasteiger partial charge in [-0.05, 0) is 31.5 Å². The third kappa shape index (κ3) is 1.97. The van der Waals surface area contributed by atoms with Crippen LogP contribution in [0.2, 0.25) is 0 Å². The number of hydrogen-bond acceptors (Lipinski definition) is 3. The molecule has 1 saturated heterocycles. The van der Waals surface area contributed by atoms with Gasteiger partial charge in [-0.15, -0.1) is 0 Å². The van der Waals surface area contributed by atoms with E-state index in [9.17, 15) is 4.79 Å². The first-order chi connectivity index (χ1) is 8.75. The number of rotatable bonds is 2. The molecule has 4 heteroatoms. The standard InChI is InChI=1S/C14H19N3O/c1-16-10-14(18)17(9-11-5-4-8-15-11)13-7-3-2-6-12(13)16/h2-3,6-7,11,15H,4-5,8-10H2,1H3. The number of fused-ring (bicyclic) bond motifs is 1. The van der Waals surface area contributed by atoms with Crippen molar-refractivity contribution in [2.45, 2.75) is 18.9 Å². The average molecular weight is 245 g/mol. The van der Waals surface area contributed by atoms with Crippen LogP contribution in [-0.2, 0) is 4.79 Å². The molecule has 0 aromatic heterocycles. The summed E-state index contributed by atoms with van der Waals surface area (Å²) in [7, 11) is 1.97. The molecule has 1 N–H and O–H groups in total. The van der Waals surface area contributed by atoms with Crippen LogP contribution in [0.25, 0.3) is 0 Å². The van der Waals surface area contributed by atoms with E-state index in [0.29, 0.717) is 12.6 Å². The highest BCUT2D eigenvalue weighted by Gasteiger charge is 2.29. The zero-order chi connectivity index (χ0) is 12.5. The van der Waals surface area contributed by atoms with Crippen LogP contribution < -0.4 is 15.1 Å². The monoisotopic (exact) mass is 245 g/mol. The number of nitrogens with one attached hydrogen (secondary N) is 1. The molecule has 1 aromatic carbocycles. The molecule has 4 nitrogen and oxygen atoms in total. The largest absolute Gasteiger partial charge is 0.364 e. The van der Waals surface area contributed by atoms with Crippen LogP contribution in [0.1, 0.15) is 12.8 Å². The predicted molar refractivity (Wildman–Crippen MR) is 73.1 cm³/mol. The van der Waals surface area contributed by atoms with Gasteiger partial charge in [0.25, 0.3) is 0 Å². The van der Waals surface area contributed by atoms with Gasteiger partial charge in [0.15, 0.2) is 0 Å². The summed E-state index contributed by atoms with van der Waals surface area (Å²) in [5, 5.41) is 3.46. The lowest BCUT2D eigenvalue weighted by atomic mass is 10.1. The fourth-order valence-corrected chi connectivity index (χ4v) is 2.86. The lowest BCUT2D eigenvalue weighted by Crippen LogP contribution is -2.48. The second-order valence-electron chi connectivity index (χ2n) is 5.14. The summed E-state index contributed by atoms with van der Waals surface area (Å²) in [5.74, 6) is 0.199. The third-order valence-corrected chi connectivity index (χ3v) is 3.82. The Hall–Kier alpha value is -1.55. The molecular weight excluding hydrogens is 226 g/mol. The van der Waals surface area contributed by atoms with Gasteiger partial charge in [-0.3, -0.25) is 4.79 Å². The number of carbonyl (C=O) groups excluding carboxylic acids is 1. The molecule has 1 unspecified atom stereocenters. The summed E-state index contributed by atoms with van der Waals surface area (Å²) < 4.78 is 0. The maximum absolute atomic E-state index is 12.2. The Morgan fingerprint density at radius 1 is 1.33 bits per heavy atom. The first-order valence-corrected chi connectivity index (χ1v) is 6.59. The molecule has 0 aliphatic carbocycles. The molecule has 3 rings (SSSR count). The number of benzene rings is 1. The molecule has 1 fully saturated rings. The molecule has 0 radical (unpaired) electrons. The summed E-state index contributed by atoms with van der Waals surface area (Å²) in [5.41, 5.74) is 2.19. The zero-order valence-corrected chi connectivity index (χ0v) is 10.7. The Morgan fingerprint density at radius 3 is 2.83 bits per heavy atom. The number of nitrogens with zero attached hydrogens (tertiary/aromatic N) is 2. The minimum atomic E-state index is 0.199. The van der Waals surface area contributed by atoms with Gasteiger partial charge in [0.1, 0.15) is 0 Å². The Balaban J connectivity index is 1.88. The number of likely N-dealkylation sites (N-methyl/N-ethyl adjacent to an activating group) is 1. The summed E-state index contributed by atoms with van der Waals surface area (Å²) in [6.07, 6.45) is 2.38. The Kier molecular flexibility index (Phi) is 2.96. The third-order valence-electron chi connectivity index (χ3n) is 3.82. The van der Waals surface area contributed by atoms with Gasteiger partial charge >= 0.3 is 0 Å². The highest BCUT2D eigenvalue weighted by atomic mass is 16.2. The average Bonchev–Trinajstić information content (AvgIpc) is 2.87. The topological polar surface area (TPSA) is 35.6 Å². The van der Waals surface area contributed by atoms with Crippen molar-refractivity contribution in [1.82, 2.24) is 5.32 Å². The van der Waals surface area contributed by atoms with Gasteiger partial charge < -0.3 is 15.1 Å². The first kappa shape index (κ1) is 11.5. The molecule has 0 saturated carbocycles. The highest BCUT2D eigenvalue weighted by molar-refractivity contribution is 6.03. The van der Waals surface area contributed by atoms with Crippen LogP contribution in [0.4, 0.5) is 11.4 Å². The van der Waals surface area contributed by atoms with Crippen LogP contribution in [0.5, 0.6) is 0 Å². The zero-order valence-electron chi connectivity index (χ0n) is 10.7. The number of para-hydroxylation sites is 2. The number of hydrogen-bond donors (Lipinski definition) is 1. The van der Waals surface area contributed by atoms with Crippen molar-refractivity contribution < 1.29 is 4.79 Å². The Morgan fingerprint density at radius 2 is 2.11 bits per heavy atom. The van der Waals surface area contributed by atoms with Crippen molar-refractivity contribution in [2.24, 2.45) is 0 Å². The van der Waals surface area contributed by atoms with E-state index in [2.05, 4.69) is 11.4 Å². The van der Waals surface area contributed by atoms with Crippen molar-refractivity contribution in [2.75, 3.05) is 36.5 Å². The molecule has 2 aliphatic heterocycles. The van der Waals surface area contributed by atoms with Gasteiger partial charge in [-0.1, -0.05) is 12.1 Å². The molecule has 1 atom stereocenters. The summed E-state index contributed by atoms with van der Waals surface area (Å²) in [6.45, 7) is 2.35. The van der Waals surface area contributed by atoms with Crippen LogP contribution in [-0.4, -0.2) is 38.6 Å². The summed E-state index contributed by atoms with van der Waals surface area (Å²) >= 11 is 0. The Bertz CT molecular complexity index is 454. The first-order valence-electron chi connectivity index (χ1n) is 6.59. The van der Waals surface area contributed by atoms with Crippen molar-refractivity contribution in [3.05, 3.63) is 24.3 Å². The number of anilines is 2. The van der Waals surface area contributed by atoms with Crippen LogP contribution in [0, 0.1) is 0 Å². The van der Waals surface area contributed by atoms with Crippen LogP contribution in [0.3, 0.4) is 0 Å². The van der Waals surface area contributed by atoms with E-state index in [1.54, 1.807) is 0 Å². The van der Waals surface area contributed by atoms with E-state index >= 15 is 0 Å². The fraction of sp³-hybridized carbons (Fsp3) is 0.500. The minimum absolute atomic E-state index is 0.199. The molecule has 2 heterocycles. The van der Waals surface area contributed by atoms with Crippen molar-refractivity contribution >= 4 is 17.3 Å². The summed E-state index contributed by atoms with van der Waals surface area (Å²) in [4.78, 5) is 16.2. The van der Waals surface area contributed by atoms with Crippen LogP contribution in [0.15, 0.2) is 24.3 Å². The minimum Gasteiger partial charge on any atom is -0.364 e. The lowest BCUT2D eigenvalue weighted by Gasteiger charge is -2.36. The van der Waals surface area contributed by atoms with Gasteiger partial charge in [0.05, 0.1) is 17.9 Å². The normalized spacial score (nSPS) is 23.4. The molecular formula is C14H19N3O. The smallest absolute Gasteiger partial charge is 0.246 e. The number of carbonyl (C=O) groups is 1. The molecule has 2 aliphatic rings. The lowest BCUT2D eigenvalue weighted by molar-refractivity contribution is -0.117. The molecule has 0 bridgehead atoms. The Labute approximate surface area is 108 Å². The van der Waals surface area contributed by atoms with Gasteiger partial charge in [-0.25, -0.2) is 0 Å². The maximum Gasteiger partial charge on any atom is 0.246 e. The van der Waals surface area contributed by atoms with E-state index < -0.39 is 0 Å². The van der Waals surface area contributed by atoms with E-state index in [0.717, 1.165) is 24.5 Å². The molecule has 1 amide bonds. The fourth-order valence-electron chi connectivity index (χ4n) is 2.86. The second kappa shape index (κ2) is 4.61. The maximum atomic E-state index is 12.2. The van der Waals surface area contributed by atoms with Crippen LogP contribution >= 0.6 is 0 Å². The molecule has 96 valence electrons. The highest BCUT2D eigenvalue weighted by Crippen LogP contribution is 2.32. The van der Waals surface area contributed by atoms with E-state index in [-0.39, 0.29) is 5.91 Å². The van der Waals surface area contributed by atoms with Gasteiger partial charge in [-0.2, -0.15) is 0 Å². The molecule has 1 aromatic rings. The second-order valence-corrected chi connectivity index (χ2v) is 5.14.